The molecule has 19 heavy (non-hydrogen) atoms. The minimum absolute atomic E-state index is 0.00981. The van der Waals surface area contributed by atoms with Gasteiger partial charge in [-0.05, 0) is 24.3 Å². The molecule has 1 aromatic rings. The maximum absolute atomic E-state index is 12.2. The van der Waals surface area contributed by atoms with Gasteiger partial charge in [0, 0.05) is 12.1 Å². The first kappa shape index (κ1) is 14.0. The zero-order chi connectivity index (χ0) is 13.7. The van der Waals surface area contributed by atoms with Crippen molar-refractivity contribution in [3.05, 3.63) is 29.8 Å². The van der Waals surface area contributed by atoms with Gasteiger partial charge in [0.1, 0.15) is 5.75 Å². The van der Waals surface area contributed by atoms with E-state index in [4.69, 9.17) is 9.47 Å². The zero-order valence-corrected chi connectivity index (χ0v) is 11.0. The normalized spacial score (nSPS) is 20.2. The highest BCUT2D eigenvalue weighted by Gasteiger charge is 2.24. The van der Waals surface area contributed by atoms with E-state index in [1.807, 2.05) is 4.90 Å². The minimum atomic E-state index is -0.0871. The van der Waals surface area contributed by atoms with Crippen molar-refractivity contribution in [2.75, 3.05) is 40.0 Å². The van der Waals surface area contributed by atoms with Gasteiger partial charge in [-0.1, -0.05) is 0 Å². The second kappa shape index (κ2) is 6.65. The van der Waals surface area contributed by atoms with Crippen molar-refractivity contribution in [2.24, 2.45) is 0 Å². The van der Waals surface area contributed by atoms with Gasteiger partial charge in [-0.3, -0.25) is 9.69 Å². The molecule has 5 heteroatoms. The molecule has 0 bridgehead atoms. The number of carbonyl (C=O) groups is 1. The van der Waals surface area contributed by atoms with Crippen LogP contribution in [0.4, 0.5) is 0 Å². The number of hydrogen-bond acceptors (Lipinski definition) is 5. The van der Waals surface area contributed by atoms with Crippen LogP contribution in [0.1, 0.15) is 10.4 Å². The molecule has 0 saturated carbocycles. The molecule has 1 N–H and O–H groups in total. The maximum atomic E-state index is 12.2. The van der Waals surface area contributed by atoms with Gasteiger partial charge in [-0.2, -0.15) is 0 Å². The molecule has 1 aromatic carbocycles. The van der Waals surface area contributed by atoms with Crippen molar-refractivity contribution in [3.8, 4) is 5.75 Å². The topological polar surface area (TPSA) is 59.0 Å². The first-order valence-corrected chi connectivity index (χ1v) is 6.34. The predicted molar refractivity (Wildman–Crippen MR) is 70.6 cm³/mol. The Morgan fingerprint density at radius 2 is 2.21 bits per heavy atom. The van der Waals surface area contributed by atoms with Gasteiger partial charge in [0.25, 0.3) is 0 Å². The van der Waals surface area contributed by atoms with Crippen LogP contribution in [0.2, 0.25) is 0 Å². The Bertz CT molecular complexity index is 418. The first-order valence-electron chi connectivity index (χ1n) is 6.34. The van der Waals surface area contributed by atoms with Crippen molar-refractivity contribution in [1.82, 2.24) is 4.90 Å². The molecule has 0 amide bonds. The Balaban J connectivity index is 1.98. The zero-order valence-electron chi connectivity index (χ0n) is 11.0. The number of carbonyl (C=O) groups excluding carboxylic acids is 1. The van der Waals surface area contributed by atoms with Crippen LogP contribution < -0.4 is 4.74 Å². The maximum Gasteiger partial charge on any atom is 0.176 e. The first-order chi connectivity index (χ1) is 9.24. The molecule has 0 radical (unpaired) electrons. The van der Waals surface area contributed by atoms with Crippen LogP contribution in [-0.2, 0) is 4.74 Å². The number of ether oxygens (including phenoxy) is 2. The molecule has 1 heterocycles. The van der Waals surface area contributed by atoms with Gasteiger partial charge in [0.2, 0.25) is 0 Å². The summed E-state index contributed by atoms with van der Waals surface area (Å²) >= 11 is 0. The number of Topliss-reactive ketones (excluding diaryl/α,β-unsaturated/α-hetero) is 1. The number of morpholine rings is 1. The molecule has 0 aliphatic carbocycles. The van der Waals surface area contributed by atoms with E-state index >= 15 is 0 Å². The fraction of sp³-hybridized carbons (Fsp3) is 0.500. The van der Waals surface area contributed by atoms with E-state index in [0.717, 1.165) is 5.75 Å². The molecule has 1 atom stereocenters. The molecule has 5 nitrogen and oxygen atoms in total. The number of hydrogen-bond donors (Lipinski definition) is 1. The van der Waals surface area contributed by atoms with Crippen LogP contribution in [0.15, 0.2) is 24.3 Å². The molecule has 1 fully saturated rings. The molecule has 1 aliphatic heterocycles. The van der Waals surface area contributed by atoms with E-state index in [1.54, 1.807) is 31.4 Å². The van der Waals surface area contributed by atoms with Gasteiger partial charge >= 0.3 is 0 Å². The number of aliphatic hydroxyl groups is 1. The number of methoxy groups -OCH3 is 1. The van der Waals surface area contributed by atoms with Crippen molar-refractivity contribution < 1.29 is 19.4 Å². The quantitative estimate of drug-likeness (QED) is 0.789. The SMILES string of the molecule is COc1ccc(C(=O)CN2CCOCC2CO)cc1. The van der Waals surface area contributed by atoms with Crippen LogP contribution in [0.5, 0.6) is 5.75 Å². The summed E-state index contributed by atoms with van der Waals surface area (Å²) in [5.74, 6) is 0.777. The lowest BCUT2D eigenvalue weighted by Gasteiger charge is -2.33. The van der Waals surface area contributed by atoms with Crippen LogP contribution >= 0.6 is 0 Å². The third-order valence-corrected chi connectivity index (χ3v) is 3.32. The Kier molecular flexibility index (Phi) is 4.90. The lowest BCUT2D eigenvalue weighted by atomic mass is 10.1. The molecule has 1 unspecified atom stereocenters. The van der Waals surface area contributed by atoms with E-state index in [2.05, 4.69) is 0 Å². The van der Waals surface area contributed by atoms with Crippen LogP contribution in [0.3, 0.4) is 0 Å². The van der Waals surface area contributed by atoms with Gasteiger partial charge in [-0.15, -0.1) is 0 Å². The fourth-order valence-electron chi connectivity index (χ4n) is 2.12. The smallest absolute Gasteiger partial charge is 0.176 e. The molecule has 2 rings (SSSR count). The lowest BCUT2D eigenvalue weighted by molar-refractivity contribution is -0.0240. The fourth-order valence-corrected chi connectivity index (χ4v) is 2.12. The number of rotatable bonds is 5. The van der Waals surface area contributed by atoms with Crippen molar-refractivity contribution in [3.63, 3.8) is 0 Å². The van der Waals surface area contributed by atoms with Crippen LogP contribution in [0, 0.1) is 0 Å². The second-order valence-electron chi connectivity index (χ2n) is 4.53. The molecule has 1 aliphatic rings. The molecule has 0 spiro atoms. The Morgan fingerprint density at radius 3 is 2.84 bits per heavy atom. The summed E-state index contributed by atoms with van der Waals surface area (Å²) in [5, 5.41) is 9.26. The van der Waals surface area contributed by atoms with Crippen molar-refractivity contribution >= 4 is 5.78 Å². The third kappa shape index (κ3) is 3.53. The summed E-state index contributed by atoms with van der Waals surface area (Å²) in [7, 11) is 1.59. The van der Waals surface area contributed by atoms with E-state index < -0.39 is 0 Å². The standard InChI is InChI=1S/C14H19NO4/c1-18-13-4-2-11(3-5-13)14(17)8-15-6-7-19-10-12(15)9-16/h2-5,12,16H,6-10H2,1H3. The number of aliphatic hydroxyl groups excluding tert-OH is 1. The van der Waals surface area contributed by atoms with E-state index in [-0.39, 0.29) is 18.4 Å². The van der Waals surface area contributed by atoms with Crippen molar-refractivity contribution in [1.29, 1.82) is 0 Å². The second-order valence-corrected chi connectivity index (χ2v) is 4.53. The third-order valence-electron chi connectivity index (χ3n) is 3.32. The van der Waals surface area contributed by atoms with Crippen molar-refractivity contribution in [2.45, 2.75) is 6.04 Å². The summed E-state index contributed by atoms with van der Waals surface area (Å²) in [5.41, 5.74) is 0.656. The van der Waals surface area contributed by atoms with E-state index in [1.165, 1.54) is 0 Å². The summed E-state index contributed by atoms with van der Waals surface area (Å²) in [6.07, 6.45) is 0. The number of ketones is 1. The average Bonchev–Trinajstić information content (AvgIpc) is 2.48. The average molecular weight is 265 g/mol. The van der Waals surface area contributed by atoms with Crippen LogP contribution in [0.25, 0.3) is 0 Å². The van der Waals surface area contributed by atoms with E-state index in [9.17, 15) is 9.90 Å². The van der Waals surface area contributed by atoms with Gasteiger partial charge in [0.05, 0.1) is 39.5 Å². The highest BCUT2D eigenvalue weighted by molar-refractivity contribution is 5.97. The highest BCUT2D eigenvalue weighted by Crippen LogP contribution is 2.13. The lowest BCUT2D eigenvalue weighted by Crippen LogP contribution is -2.49. The largest absolute Gasteiger partial charge is 0.497 e. The molecule has 104 valence electrons. The molecular weight excluding hydrogens is 246 g/mol. The van der Waals surface area contributed by atoms with Gasteiger partial charge in [-0.25, -0.2) is 0 Å². The summed E-state index contributed by atoms with van der Waals surface area (Å²) in [6.45, 7) is 2.07. The highest BCUT2D eigenvalue weighted by atomic mass is 16.5. The molecule has 0 aromatic heterocycles. The predicted octanol–water partition coefficient (Wildman–Crippen LogP) is 0.571. The Labute approximate surface area is 112 Å². The Hall–Kier alpha value is -1.43. The minimum Gasteiger partial charge on any atom is -0.497 e. The molecular formula is C14H19NO4. The van der Waals surface area contributed by atoms with Crippen LogP contribution in [-0.4, -0.2) is 61.9 Å². The van der Waals surface area contributed by atoms with Gasteiger partial charge in [0.15, 0.2) is 5.78 Å². The summed E-state index contributed by atoms with van der Waals surface area (Å²) in [4.78, 5) is 14.1. The summed E-state index contributed by atoms with van der Waals surface area (Å²) < 4.78 is 10.4. The monoisotopic (exact) mass is 265 g/mol. The molecule has 1 saturated heterocycles. The summed E-state index contributed by atoms with van der Waals surface area (Å²) in [6, 6.07) is 6.98. The number of nitrogens with zero attached hydrogens (tertiary/aromatic N) is 1. The van der Waals surface area contributed by atoms with Gasteiger partial charge < -0.3 is 14.6 Å². The number of benzene rings is 1. The van der Waals surface area contributed by atoms with E-state index in [0.29, 0.717) is 31.9 Å². The Morgan fingerprint density at radius 1 is 1.47 bits per heavy atom.